The summed E-state index contributed by atoms with van der Waals surface area (Å²) in [5.74, 6) is 1.46. The zero-order valence-corrected chi connectivity index (χ0v) is 14.9. The Morgan fingerprint density at radius 3 is 2.85 bits per heavy atom. The van der Waals surface area contributed by atoms with E-state index in [1.807, 2.05) is 26.0 Å². The van der Waals surface area contributed by atoms with E-state index in [4.69, 9.17) is 9.05 Å². The van der Waals surface area contributed by atoms with Crippen LogP contribution in [0.1, 0.15) is 65.4 Å². The molecule has 2 heterocycles. The molecule has 0 aliphatic heterocycles. The lowest BCUT2D eigenvalue weighted by atomic mass is 10.0. The van der Waals surface area contributed by atoms with Gasteiger partial charge in [0.1, 0.15) is 0 Å². The molecule has 4 rings (SSSR count). The van der Waals surface area contributed by atoms with Crippen LogP contribution in [0.3, 0.4) is 0 Å². The van der Waals surface area contributed by atoms with E-state index < -0.39 is 0 Å². The van der Waals surface area contributed by atoms with Gasteiger partial charge in [-0.15, -0.1) is 0 Å². The average molecular weight is 352 g/mol. The average Bonchev–Trinajstić information content (AvgIpc) is 3.34. The molecule has 1 amide bonds. The van der Waals surface area contributed by atoms with Crippen LogP contribution in [0.4, 0.5) is 0 Å². The standard InChI is InChI=1S/C19H20N4O3/c1-10(2)19-22-17(23-26-19)13-4-6-14-12(8-13)5-7-15(14)21-18(24)16-11(3)9-20-25-16/h4,6,8-10,15H,5,7H2,1-3H3,(H,21,24). The molecule has 1 aliphatic carbocycles. The van der Waals surface area contributed by atoms with Gasteiger partial charge in [0.25, 0.3) is 5.91 Å². The molecule has 134 valence electrons. The maximum Gasteiger partial charge on any atom is 0.290 e. The van der Waals surface area contributed by atoms with Gasteiger partial charge in [0, 0.05) is 17.0 Å². The largest absolute Gasteiger partial charge is 0.351 e. The Morgan fingerprint density at radius 2 is 2.15 bits per heavy atom. The molecule has 0 saturated carbocycles. The highest BCUT2D eigenvalue weighted by Gasteiger charge is 2.27. The number of aryl methyl sites for hydroxylation is 2. The van der Waals surface area contributed by atoms with Gasteiger partial charge in [0.15, 0.2) is 0 Å². The van der Waals surface area contributed by atoms with Gasteiger partial charge in [-0.3, -0.25) is 4.79 Å². The van der Waals surface area contributed by atoms with E-state index in [-0.39, 0.29) is 23.6 Å². The van der Waals surface area contributed by atoms with Crippen LogP contribution in [-0.4, -0.2) is 21.2 Å². The predicted octanol–water partition coefficient (Wildman–Crippen LogP) is 3.57. The quantitative estimate of drug-likeness (QED) is 0.771. The summed E-state index contributed by atoms with van der Waals surface area (Å²) >= 11 is 0. The minimum atomic E-state index is -0.235. The van der Waals surface area contributed by atoms with Crippen LogP contribution in [0, 0.1) is 6.92 Å². The lowest BCUT2D eigenvalue weighted by Gasteiger charge is -2.13. The first kappa shape index (κ1) is 16.5. The number of benzene rings is 1. The minimum Gasteiger partial charge on any atom is -0.351 e. The Balaban J connectivity index is 1.54. The molecule has 1 aromatic carbocycles. The molecule has 0 fully saturated rings. The number of aromatic nitrogens is 3. The Morgan fingerprint density at radius 1 is 1.31 bits per heavy atom. The van der Waals surface area contributed by atoms with Gasteiger partial charge in [-0.05, 0) is 37.0 Å². The summed E-state index contributed by atoms with van der Waals surface area (Å²) in [7, 11) is 0. The number of rotatable bonds is 4. The van der Waals surface area contributed by atoms with Crippen molar-refractivity contribution in [2.75, 3.05) is 0 Å². The number of nitrogens with zero attached hydrogens (tertiary/aromatic N) is 3. The first-order chi connectivity index (χ1) is 12.5. The lowest BCUT2D eigenvalue weighted by Crippen LogP contribution is -2.27. The molecular weight excluding hydrogens is 332 g/mol. The van der Waals surface area contributed by atoms with Crippen LogP contribution in [-0.2, 0) is 6.42 Å². The molecule has 1 aliphatic rings. The zero-order valence-electron chi connectivity index (χ0n) is 14.9. The number of amides is 1. The summed E-state index contributed by atoms with van der Waals surface area (Å²) in [5.41, 5.74) is 3.97. The van der Waals surface area contributed by atoms with Gasteiger partial charge in [-0.1, -0.05) is 36.3 Å². The van der Waals surface area contributed by atoms with E-state index in [2.05, 4.69) is 26.7 Å². The van der Waals surface area contributed by atoms with Crippen molar-refractivity contribution in [1.82, 2.24) is 20.6 Å². The molecule has 0 saturated heterocycles. The first-order valence-electron chi connectivity index (χ1n) is 8.72. The van der Waals surface area contributed by atoms with Gasteiger partial charge >= 0.3 is 0 Å². The molecule has 0 spiro atoms. The Kier molecular flexibility index (Phi) is 4.06. The number of hydrogen-bond donors (Lipinski definition) is 1. The van der Waals surface area contributed by atoms with E-state index in [1.54, 1.807) is 13.1 Å². The van der Waals surface area contributed by atoms with Crippen LogP contribution < -0.4 is 5.32 Å². The Bertz CT molecular complexity index is 957. The van der Waals surface area contributed by atoms with Crippen LogP contribution in [0.15, 0.2) is 33.4 Å². The molecule has 3 aromatic rings. The van der Waals surface area contributed by atoms with Gasteiger partial charge in [0.05, 0.1) is 12.2 Å². The molecule has 1 N–H and O–H groups in total. The van der Waals surface area contributed by atoms with Crippen molar-refractivity contribution < 1.29 is 13.8 Å². The molecule has 0 radical (unpaired) electrons. The first-order valence-corrected chi connectivity index (χ1v) is 8.72. The smallest absolute Gasteiger partial charge is 0.290 e. The summed E-state index contributed by atoms with van der Waals surface area (Å²) < 4.78 is 10.3. The van der Waals surface area contributed by atoms with Crippen LogP contribution in [0.5, 0.6) is 0 Å². The fourth-order valence-corrected chi connectivity index (χ4v) is 3.23. The van der Waals surface area contributed by atoms with Gasteiger partial charge in [0.2, 0.25) is 17.5 Å². The molecule has 0 bridgehead atoms. The summed E-state index contributed by atoms with van der Waals surface area (Å²) in [5, 5.41) is 10.8. The third-order valence-corrected chi connectivity index (χ3v) is 4.67. The zero-order chi connectivity index (χ0) is 18.3. The van der Waals surface area contributed by atoms with Crippen molar-refractivity contribution >= 4 is 5.91 Å². The number of carbonyl (C=O) groups excluding carboxylic acids is 1. The van der Waals surface area contributed by atoms with E-state index in [0.29, 0.717) is 11.7 Å². The van der Waals surface area contributed by atoms with Crippen LogP contribution in [0.2, 0.25) is 0 Å². The molecule has 7 heteroatoms. The van der Waals surface area contributed by atoms with Crippen molar-refractivity contribution in [3.63, 3.8) is 0 Å². The highest BCUT2D eigenvalue weighted by molar-refractivity contribution is 5.93. The number of nitrogens with one attached hydrogen (secondary N) is 1. The van der Waals surface area contributed by atoms with E-state index >= 15 is 0 Å². The second-order valence-electron chi connectivity index (χ2n) is 6.93. The second-order valence-corrected chi connectivity index (χ2v) is 6.93. The normalized spacial score (nSPS) is 16.1. The van der Waals surface area contributed by atoms with E-state index in [0.717, 1.165) is 29.5 Å². The molecule has 26 heavy (non-hydrogen) atoms. The summed E-state index contributed by atoms with van der Waals surface area (Å²) in [6.07, 6.45) is 3.28. The van der Waals surface area contributed by atoms with Crippen LogP contribution in [0.25, 0.3) is 11.4 Å². The van der Waals surface area contributed by atoms with Crippen molar-refractivity contribution in [3.05, 3.63) is 52.7 Å². The fraction of sp³-hybridized carbons (Fsp3) is 0.368. The second kappa shape index (κ2) is 6.40. The predicted molar refractivity (Wildman–Crippen MR) is 93.6 cm³/mol. The molecule has 1 atom stereocenters. The van der Waals surface area contributed by atoms with Crippen molar-refractivity contribution in [3.8, 4) is 11.4 Å². The highest BCUT2D eigenvalue weighted by atomic mass is 16.5. The third-order valence-electron chi connectivity index (χ3n) is 4.67. The van der Waals surface area contributed by atoms with Crippen molar-refractivity contribution in [2.24, 2.45) is 0 Å². The Labute approximate surface area is 150 Å². The van der Waals surface area contributed by atoms with E-state index in [9.17, 15) is 4.79 Å². The molecular formula is C19H20N4O3. The number of fused-ring (bicyclic) bond motifs is 1. The SMILES string of the molecule is Cc1cnoc1C(=O)NC1CCc2cc(-c3noc(C(C)C)n3)ccc21. The number of carbonyl (C=O) groups is 1. The maximum absolute atomic E-state index is 12.4. The fourth-order valence-electron chi connectivity index (χ4n) is 3.23. The van der Waals surface area contributed by atoms with Gasteiger partial charge in [-0.2, -0.15) is 4.98 Å². The van der Waals surface area contributed by atoms with Crippen molar-refractivity contribution in [1.29, 1.82) is 0 Å². The third kappa shape index (κ3) is 2.89. The monoisotopic (exact) mass is 352 g/mol. The highest BCUT2D eigenvalue weighted by Crippen LogP contribution is 2.34. The van der Waals surface area contributed by atoms with Crippen LogP contribution >= 0.6 is 0 Å². The van der Waals surface area contributed by atoms with E-state index in [1.165, 1.54) is 5.56 Å². The van der Waals surface area contributed by atoms with Gasteiger partial charge < -0.3 is 14.4 Å². The summed E-state index contributed by atoms with van der Waals surface area (Å²) in [6, 6.07) is 6.04. The molecule has 2 aromatic heterocycles. The van der Waals surface area contributed by atoms with Crippen molar-refractivity contribution in [2.45, 2.75) is 45.6 Å². The number of hydrogen-bond acceptors (Lipinski definition) is 6. The topological polar surface area (TPSA) is 94.1 Å². The summed E-state index contributed by atoms with van der Waals surface area (Å²) in [6.45, 7) is 5.84. The molecule has 7 nitrogen and oxygen atoms in total. The summed E-state index contributed by atoms with van der Waals surface area (Å²) in [4.78, 5) is 16.8. The minimum absolute atomic E-state index is 0.0347. The lowest BCUT2D eigenvalue weighted by molar-refractivity contribution is 0.0898. The Hall–Kier alpha value is -2.96. The maximum atomic E-state index is 12.4. The van der Waals surface area contributed by atoms with Gasteiger partial charge in [-0.25, -0.2) is 0 Å². The molecule has 1 unspecified atom stereocenters.